The lowest BCUT2D eigenvalue weighted by Gasteiger charge is -2.31. The van der Waals surface area contributed by atoms with Gasteiger partial charge < -0.3 is 15.4 Å². The number of ether oxygens (including phenoxy) is 1. The summed E-state index contributed by atoms with van der Waals surface area (Å²) in [6.07, 6.45) is 7.04. The van der Waals surface area contributed by atoms with Crippen molar-refractivity contribution in [3.8, 4) is 17.1 Å². The van der Waals surface area contributed by atoms with Crippen LogP contribution in [0.3, 0.4) is 0 Å². The van der Waals surface area contributed by atoms with Gasteiger partial charge in [0.15, 0.2) is 10.9 Å². The highest BCUT2D eigenvalue weighted by Gasteiger charge is 2.45. The highest BCUT2D eigenvalue weighted by atomic mass is 35.5. The maximum atomic E-state index is 16.6. The second-order valence-electron chi connectivity index (χ2n) is 10.5. The smallest absolute Gasteiger partial charge is 0.319 e. The van der Waals surface area contributed by atoms with Crippen molar-refractivity contribution in [1.82, 2.24) is 19.9 Å². The molecular formula is C29H31ClF2N6OS. The summed E-state index contributed by atoms with van der Waals surface area (Å²) in [5.74, 6) is -0.590. The first kappa shape index (κ1) is 27.1. The van der Waals surface area contributed by atoms with E-state index in [-0.39, 0.29) is 43.0 Å². The van der Waals surface area contributed by atoms with E-state index in [1.54, 1.807) is 12.1 Å². The number of nitrogens with two attached hydrogens (primary N) is 1. The summed E-state index contributed by atoms with van der Waals surface area (Å²) >= 11 is 7.76. The zero-order valence-corrected chi connectivity index (χ0v) is 23.9. The Kier molecular flexibility index (Phi) is 7.27. The maximum Gasteiger partial charge on any atom is 0.319 e. The van der Waals surface area contributed by atoms with Crippen LogP contribution < -0.4 is 15.4 Å². The number of hydrogen-bond acceptors (Lipinski definition) is 8. The van der Waals surface area contributed by atoms with E-state index in [2.05, 4.69) is 28.4 Å². The van der Waals surface area contributed by atoms with Crippen LogP contribution in [0.1, 0.15) is 39.0 Å². The number of halogens is 3. The van der Waals surface area contributed by atoms with E-state index in [1.165, 1.54) is 12.1 Å². The second-order valence-corrected chi connectivity index (χ2v) is 12.0. The molecule has 0 aliphatic carbocycles. The molecule has 2 aliphatic rings. The van der Waals surface area contributed by atoms with Crippen molar-refractivity contribution in [2.24, 2.45) is 0 Å². The SMILES string of the molecule is C=CCN(CCC)c1nc(OCC23CCCN2CCC3)nc2c(F)c(-c3ccc(F)c4sc(N)nc34)c(Cl)cc12. The molecule has 0 atom stereocenters. The van der Waals surface area contributed by atoms with Crippen LogP contribution in [-0.2, 0) is 0 Å². The Morgan fingerprint density at radius 3 is 2.70 bits per heavy atom. The van der Waals surface area contributed by atoms with E-state index < -0.39 is 11.6 Å². The zero-order valence-electron chi connectivity index (χ0n) is 22.4. The van der Waals surface area contributed by atoms with E-state index in [0.29, 0.717) is 36.5 Å². The minimum atomic E-state index is -0.646. The number of aromatic nitrogens is 3. The standard InChI is InChI=1S/C29H31ClF2N6OS/c1-3-11-37(12-4-2)26-18-15-19(30)21(17-7-8-20(31)25-24(17)34-27(33)40-25)22(32)23(18)35-28(36-26)39-16-29-9-5-13-38(29)14-6-10-29/h3,7-8,15H,1,4-6,9-14,16H2,2H3,(H2,33,34). The Bertz CT molecular complexity index is 1600. The number of anilines is 2. The molecule has 0 radical (unpaired) electrons. The largest absolute Gasteiger partial charge is 0.461 e. The fourth-order valence-electron chi connectivity index (χ4n) is 6.28. The van der Waals surface area contributed by atoms with Gasteiger partial charge in [-0.25, -0.2) is 13.8 Å². The van der Waals surface area contributed by atoms with Crippen LogP contribution in [0.2, 0.25) is 5.02 Å². The van der Waals surface area contributed by atoms with Gasteiger partial charge in [0.25, 0.3) is 0 Å². The zero-order chi connectivity index (χ0) is 28.0. The van der Waals surface area contributed by atoms with Crippen molar-refractivity contribution in [3.63, 3.8) is 0 Å². The normalized spacial score (nSPS) is 16.6. The van der Waals surface area contributed by atoms with Gasteiger partial charge in [-0.2, -0.15) is 9.97 Å². The minimum Gasteiger partial charge on any atom is -0.461 e. The number of nitrogen functional groups attached to an aromatic ring is 1. The minimum absolute atomic E-state index is 0.0172. The predicted octanol–water partition coefficient (Wildman–Crippen LogP) is 6.83. The summed E-state index contributed by atoms with van der Waals surface area (Å²) in [6, 6.07) is 4.53. The quantitative estimate of drug-likeness (QED) is 0.216. The van der Waals surface area contributed by atoms with E-state index in [0.717, 1.165) is 56.5 Å². The van der Waals surface area contributed by atoms with Gasteiger partial charge in [0.2, 0.25) is 0 Å². The number of fused-ring (bicyclic) bond motifs is 3. The molecule has 4 heterocycles. The molecule has 2 aromatic heterocycles. The number of benzene rings is 2. The fourth-order valence-corrected chi connectivity index (χ4v) is 7.33. The van der Waals surface area contributed by atoms with Crippen molar-refractivity contribution in [3.05, 3.63) is 47.5 Å². The lowest BCUT2D eigenvalue weighted by atomic mass is 9.95. The van der Waals surface area contributed by atoms with Gasteiger partial charge in [-0.15, -0.1) is 6.58 Å². The molecule has 0 amide bonds. The highest BCUT2D eigenvalue weighted by Crippen LogP contribution is 2.43. The number of rotatable bonds is 9. The molecule has 4 aromatic rings. The van der Waals surface area contributed by atoms with Crippen molar-refractivity contribution in [2.75, 3.05) is 43.4 Å². The molecule has 2 N–H and O–H groups in total. The number of hydrogen-bond donors (Lipinski definition) is 1. The van der Waals surface area contributed by atoms with Crippen LogP contribution in [0.25, 0.3) is 32.2 Å². The first-order valence-electron chi connectivity index (χ1n) is 13.6. The first-order valence-corrected chi connectivity index (χ1v) is 14.8. The Hall–Kier alpha value is -3.08. The monoisotopic (exact) mass is 584 g/mol. The maximum absolute atomic E-state index is 16.6. The van der Waals surface area contributed by atoms with Gasteiger partial charge in [0.05, 0.1) is 20.8 Å². The Morgan fingerprint density at radius 1 is 1.20 bits per heavy atom. The third kappa shape index (κ3) is 4.55. The average Bonchev–Trinajstić information content (AvgIpc) is 3.63. The summed E-state index contributed by atoms with van der Waals surface area (Å²) < 4.78 is 37.6. The first-order chi connectivity index (χ1) is 19.3. The third-order valence-corrected chi connectivity index (χ3v) is 9.24. The van der Waals surface area contributed by atoms with Crippen molar-refractivity contribution < 1.29 is 13.5 Å². The van der Waals surface area contributed by atoms with Crippen molar-refractivity contribution in [1.29, 1.82) is 0 Å². The summed E-state index contributed by atoms with van der Waals surface area (Å²) in [5.41, 5.74) is 6.64. The number of nitrogens with zero attached hydrogens (tertiary/aromatic N) is 5. The molecule has 7 nitrogen and oxygen atoms in total. The molecule has 0 bridgehead atoms. The molecule has 6 rings (SSSR count). The van der Waals surface area contributed by atoms with Crippen LogP contribution in [0.15, 0.2) is 30.9 Å². The lowest BCUT2D eigenvalue weighted by molar-refractivity contribution is 0.108. The van der Waals surface area contributed by atoms with Crippen molar-refractivity contribution >= 4 is 55.0 Å². The molecule has 210 valence electrons. The molecule has 2 saturated heterocycles. The van der Waals surface area contributed by atoms with Crippen LogP contribution in [0.4, 0.5) is 19.7 Å². The molecule has 0 unspecified atom stereocenters. The van der Waals surface area contributed by atoms with E-state index in [4.69, 9.17) is 27.1 Å². The number of thiazole rings is 1. The molecule has 0 spiro atoms. The summed E-state index contributed by atoms with van der Waals surface area (Å²) in [6.45, 7) is 9.73. The third-order valence-electron chi connectivity index (χ3n) is 8.05. The van der Waals surface area contributed by atoms with E-state index >= 15 is 4.39 Å². The van der Waals surface area contributed by atoms with Crippen LogP contribution in [0, 0.1) is 11.6 Å². The molecule has 2 aromatic carbocycles. The molecule has 11 heteroatoms. The van der Waals surface area contributed by atoms with Gasteiger partial charge >= 0.3 is 6.01 Å². The Balaban J connectivity index is 1.52. The van der Waals surface area contributed by atoms with Gasteiger partial charge in [-0.1, -0.05) is 35.9 Å². The van der Waals surface area contributed by atoms with Gasteiger partial charge in [0, 0.05) is 29.6 Å². The Labute approximate surface area is 240 Å². The predicted molar refractivity (Wildman–Crippen MR) is 158 cm³/mol. The molecule has 40 heavy (non-hydrogen) atoms. The summed E-state index contributed by atoms with van der Waals surface area (Å²) in [7, 11) is 0. The Morgan fingerprint density at radius 2 is 1.98 bits per heavy atom. The van der Waals surface area contributed by atoms with Crippen LogP contribution in [0.5, 0.6) is 6.01 Å². The lowest BCUT2D eigenvalue weighted by Crippen LogP contribution is -2.43. The second kappa shape index (κ2) is 10.7. The van der Waals surface area contributed by atoms with E-state index in [9.17, 15) is 4.39 Å². The summed E-state index contributed by atoms with van der Waals surface area (Å²) in [5, 5.41) is 0.793. The topological polar surface area (TPSA) is 80.4 Å². The molecule has 2 fully saturated rings. The van der Waals surface area contributed by atoms with Crippen LogP contribution in [-0.4, -0.2) is 58.2 Å². The molecular weight excluding hydrogens is 554 g/mol. The molecule has 0 saturated carbocycles. The van der Waals surface area contributed by atoms with Crippen LogP contribution >= 0.6 is 22.9 Å². The molecule has 2 aliphatic heterocycles. The average molecular weight is 585 g/mol. The van der Waals surface area contributed by atoms with Gasteiger partial charge in [0.1, 0.15) is 23.8 Å². The summed E-state index contributed by atoms with van der Waals surface area (Å²) in [4.78, 5) is 18.2. The highest BCUT2D eigenvalue weighted by molar-refractivity contribution is 7.22. The van der Waals surface area contributed by atoms with Gasteiger partial charge in [-0.05, 0) is 63.4 Å². The fraction of sp³-hybridized carbons (Fsp3) is 0.414. The van der Waals surface area contributed by atoms with Gasteiger partial charge in [-0.3, -0.25) is 4.90 Å². The van der Waals surface area contributed by atoms with E-state index in [1.807, 2.05) is 4.90 Å². The van der Waals surface area contributed by atoms with Crippen molar-refractivity contribution in [2.45, 2.75) is 44.6 Å².